The number of hydrogen-bond acceptors (Lipinski definition) is 5. The van der Waals surface area contributed by atoms with Crippen LogP contribution in [0.5, 0.6) is 0 Å². The summed E-state index contributed by atoms with van der Waals surface area (Å²) in [4.78, 5) is 0.154. The van der Waals surface area contributed by atoms with E-state index in [2.05, 4.69) is 10.2 Å². The Balaban J connectivity index is 2.34. The highest BCUT2D eigenvalue weighted by Crippen LogP contribution is 2.22. The molecule has 0 radical (unpaired) electrons. The molecule has 7 nitrogen and oxygen atoms in total. The first kappa shape index (κ1) is 13.5. The van der Waals surface area contributed by atoms with Gasteiger partial charge in [-0.25, -0.2) is 16.8 Å². The number of aromatic amines is 1. The zero-order valence-corrected chi connectivity index (χ0v) is 11.8. The van der Waals surface area contributed by atoms with Gasteiger partial charge in [-0.05, 0) is 13.8 Å². The van der Waals surface area contributed by atoms with Crippen molar-refractivity contribution in [2.45, 2.75) is 18.7 Å². The first-order valence-electron chi connectivity index (χ1n) is 5.46. The van der Waals surface area contributed by atoms with Gasteiger partial charge in [0.15, 0.2) is 9.84 Å². The van der Waals surface area contributed by atoms with E-state index in [1.807, 2.05) is 0 Å². The highest BCUT2D eigenvalue weighted by Gasteiger charge is 2.33. The molecule has 1 aliphatic rings. The summed E-state index contributed by atoms with van der Waals surface area (Å²) >= 11 is 0. The molecule has 18 heavy (non-hydrogen) atoms. The number of nitrogens with zero attached hydrogens (tertiary/aromatic N) is 2. The number of sulfonamides is 1. The summed E-state index contributed by atoms with van der Waals surface area (Å²) in [6.45, 7) is 3.26. The van der Waals surface area contributed by atoms with E-state index in [9.17, 15) is 16.8 Å². The van der Waals surface area contributed by atoms with Crippen LogP contribution < -0.4 is 0 Å². The van der Waals surface area contributed by atoms with E-state index >= 15 is 0 Å². The third-order valence-corrected chi connectivity index (χ3v) is 6.73. The molecule has 0 spiro atoms. The number of sulfone groups is 1. The van der Waals surface area contributed by atoms with Gasteiger partial charge in [0, 0.05) is 13.1 Å². The maximum Gasteiger partial charge on any atom is 0.246 e. The van der Waals surface area contributed by atoms with Crippen molar-refractivity contribution >= 4 is 19.9 Å². The van der Waals surface area contributed by atoms with Crippen LogP contribution in [-0.2, 0) is 19.9 Å². The largest absolute Gasteiger partial charge is 0.281 e. The van der Waals surface area contributed by atoms with E-state index in [-0.39, 0.29) is 29.5 Å². The molecule has 0 bridgehead atoms. The smallest absolute Gasteiger partial charge is 0.246 e. The fourth-order valence-corrected chi connectivity index (χ4v) is 5.19. The van der Waals surface area contributed by atoms with Crippen LogP contribution in [0.25, 0.3) is 0 Å². The maximum absolute atomic E-state index is 12.4. The molecular formula is C9H15N3O4S2. The monoisotopic (exact) mass is 293 g/mol. The van der Waals surface area contributed by atoms with Crippen molar-refractivity contribution in [3.05, 3.63) is 11.4 Å². The second kappa shape index (κ2) is 4.32. The van der Waals surface area contributed by atoms with Gasteiger partial charge in [0.05, 0.1) is 22.9 Å². The van der Waals surface area contributed by atoms with E-state index < -0.39 is 19.9 Å². The molecular weight excluding hydrogens is 278 g/mol. The van der Waals surface area contributed by atoms with Gasteiger partial charge >= 0.3 is 0 Å². The Morgan fingerprint density at radius 2 is 1.78 bits per heavy atom. The third kappa shape index (κ3) is 2.29. The second-order valence-corrected chi connectivity index (χ2v) is 8.50. The third-order valence-electron chi connectivity index (χ3n) is 2.96. The fraction of sp³-hybridized carbons (Fsp3) is 0.667. The van der Waals surface area contributed by atoms with Crippen LogP contribution in [0, 0.1) is 13.8 Å². The number of nitrogens with one attached hydrogen (secondary N) is 1. The minimum absolute atomic E-state index is 0.00866. The zero-order chi connectivity index (χ0) is 13.6. The molecule has 1 fully saturated rings. The molecule has 0 atom stereocenters. The summed E-state index contributed by atoms with van der Waals surface area (Å²) in [5.74, 6) is -0.246. The molecule has 2 rings (SSSR count). The Kier molecular flexibility index (Phi) is 3.24. The first-order chi connectivity index (χ1) is 8.24. The molecule has 0 aromatic carbocycles. The average molecular weight is 293 g/mol. The molecule has 0 saturated carbocycles. The van der Waals surface area contributed by atoms with Crippen LogP contribution in [0.2, 0.25) is 0 Å². The van der Waals surface area contributed by atoms with Crippen LogP contribution in [-0.4, -0.2) is 55.9 Å². The van der Waals surface area contributed by atoms with Gasteiger partial charge in [0.1, 0.15) is 4.90 Å². The molecule has 1 aromatic rings. The van der Waals surface area contributed by atoms with Crippen LogP contribution in [0.1, 0.15) is 11.4 Å². The van der Waals surface area contributed by atoms with Gasteiger partial charge in [0.25, 0.3) is 0 Å². The lowest BCUT2D eigenvalue weighted by Gasteiger charge is -2.25. The molecule has 0 unspecified atom stereocenters. The van der Waals surface area contributed by atoms with Crippen LogP contribution in [0.3, 0.4) is 0 Å². The summed E-state index contributed by atoms with van der Waals surface area (Å²) in [6, 6.07) is 0. The SMILES string of the molecule is Cc1n[nH]c(C)c1S(=O)(=O)N1CCS(=O)(=O)CC1. The van der Waals surface area contributed by atoms with Crippen LogP contribution >= 0.6 is 0 Å². The summed E-state index contributed by atoms with van der Waals surface area (Å²) in [7, 11) is -6.75. The topological polar surface area (TPSA) is 100 Å². The van der Waals surface area contributed by atoms with Gasteiger partial charge < -0.3 is 0 Å². The minimum atomic E-state index is -3.66. The predicted octanol–water partition coefficient (Wildman–Crippen LogP) is -0.554. The highest BCUT2D eigenvalue weighted by molar-refractivity contribution is 7.92. The van der Waals surface area contributed by atoms with Gasteiger partial charge in [-0.1, -0.05) is 0 Å². The highest BCUT2D eigenvalue weighted by atomic mass is 32.2. The Hall–Kier alpha value is -0.930. The Bertz CT molecular complexity index is 626. The lowest BCUT2D eigenvalue weighted by atomic mass is 10.4. The molecule has 0 amide bonds. The number of aryl methyl sites for hydroxylation is 2. The zero-order valence-electron chi connectivity index (χ0n) is 10.2. The molecule has 9 heteroatoms. The summed E-state index contributed by atoms with van der Waals surface area (Å²) in [6.07, 6.45) is 0. The predicted molar refractivity (Wildman–Crippen MR) is 65.5 cm³/mol. The van der Waals surface area contributed by atoms with Crippen molar-refractivity contribution in [2.75, 3.05) is 24.6 Å². The standard InChI is InChI=1S/C9H15N3O4S2/c1-7-9(8(2)11-10-7)18(15,16)12-3-5-17(13,14)6-4-12/h3-6H2,1-2H3,(H,10,11). The minimum Gasteiger partial charge on any atom is -0.281 e. The van der Waals surface area contributed by atoms with Gasteiger partial charge in [-0.15, -0.1) is 0 Å². The first-order valence-corrected chi connectivity index (χ1v) is 8.72. The summed E-state index contributed by atoms with van der Waals surface area (Å²) in [5.41, 5.74) is 0.877. The molecule has 102 valence electrons. The van der Waals surface area contributed by atoms with Crippen LogP contribution in [0.4, 0.5) is 0 Å². The van der Waals surface area contributed by atoms with Crippen molar-refractivity contribution in [2.24, 2.45) is 0 Å². The number of aromatic nitrogens is 2. The number of hydrogen-bond donors (Lipinski definition) is 1. The van der Waals surface area contributed by atoms with E-state index in [1.54, 1.807) is 13.8 Å². The van der Waals surface area contributed by atoms with E-state index in [4.69, 9.17) is 0 Å². The Morgan fingerprint density at radius 1 is 1.22 bits per heavy atom. The molecule has 1 aromatic heterocycles. The van der Waals surface area contributed by atoms with E-state index in [0.29, 0.717) is 11.4 Å². The van der Waals surface area contributed by atoms with Crippen molar-refractivity contribution in [1.29, 1.82) is 0 Å². The summed E-state index contributed by atoms with van der Waals surface area (Å²) in [5, 5.41) is 6.48. The fourth-order valence-electron chi connectivity index (χ4n) is 1.99. The lowest BCUT2D eigenvalue weighted by Crippen LogP contribution is -2.43. The Morgan fingerprint density at radius 3 is 2.22 bits per heavy atom. The molecule has 2 heterocycles. The molecule has 1 N–H and O–H groups in total. The van der Waals surface area contributed by atoms with Crippen molar-refractivity contribution in [3.8, 4) is 0 Å². The number of H-pyrrole nitrogens is 1. The second-order valence-electron chi connectivity index (χ2n) is 4.32. The molecule has 1 aliphatic heterocycles. The van der Waals surface area contributed by atoms with Crippen molar-refractivity contribution in [3.63, 3.8) is 0 Å². The normalized spacial score (nSPS) is 21.0. The van der Waals surface area contributed by atoms with Gasteiger partial charge in [-0.2, -0.15) is 9.40 Å². The number of rotatable bonds is 2. The van der Waals surface area contributed by atoms with Gasteiger partial charge in [-0.3, -0.25) is 5.10 Å². The quantitative estimate of drug-likeness (QED) is 0.788. The van der Waals surface area contributed by atoms with Crippen LogP contribution in [0.15, 0.2) is 4.90 Å². The lowest BCUT2D eigenvalue weighted by molar-refractivity contribution is 0.430. The maximum atomic E-state index is 12.4. The summed E-state index contributed by atoms with van der Waals surface area (Å²) < 4.78 is 48.6. The molecule has 0 aliphatic carbocycles. The average Bonchev–Trinajstić information content (AvgIpc) is 2.58. The van der Waals surface area contributed by atoms with Crippen molar-refractivity contribution < 1.29 is 16.8 Å². The Labute approximate surface area is 106 Å². The van der Waals surface area contributed by atoms with Crippen molar-refractivity contribution in [1.82, 2.24) is 14.5 Å². The van der Waals surface area contributed by atoms with Gasteiger partial charge in [0.2, 0.25) is 10.0 Å². The van der Waals surface area contributed by atoms with E-state index in [0.717, 1.165) is 0 Å². The molecule has 1 saturated heterocycles. The van der Waals surface area contributed by atoms with E-state index in [1.165, 1.54) is 4.31 Å².